The molecule has 1 saturated carbocycles. The Hall–Kier alpha value is -2.59. The summed E-state index contributed by atoms with van der Waals surface area (Å²) >= 11 is 5.99. The number of likely N-dealkylation sites (tertiary alicyclic amines) is 1. The van der Waals surface area contributed by atoms with E-state index in [2.05, 4.69) is 0 Å². The van der Waals surface area contributed by atoms with E-state index in [1.54, 1.807) is 4.90 Å². The minimum atomic E-state index is -4.57. The van der Waals surface area contributed by atoms with Gasteiger partial charge in [0.05, 0.1) is 22.4 Å². The SMILES string of the molecule is O=C(O)C1CCC(C(=O)N2CCC3(S(=O)(=O)c4ccc(Cl)cc4)c4ccc(C(F)(F)F)cc4CCC23)CC1. The van der Waals surface area contributed by atoms with Crippen molar-refractivity contribution in [2.24, 2.45) is 11.8 Å². The number of nitrogens with zero attached hydrogens (tertiary/aromatic N) is 1. The molecule has 1 aliphatic heterocycles. The van der Waals surface area contributed by atoms with Gasteiger partial charge in [-0.05, 0) is 92.5 Å². The van der Waals surface area contributed by atoms with Crippen molar-refractivity contribution < 1.29 is 36.3 Å². The monoisotopic (exact) mass is 569 g/mol. The largest absolute Gasteiger partial charge is 0.481 e. The van der Waals surface area contributed by atoms with Gasteiger partial charge in [-0.3, -0.25) is 9.59 Å². The van der Waals surface area contributed by atoms with Crippen LogP contribution >= 0.6 is 11.6 Å². The average molecular weight is 570 g/mol. The van der Waals surface area contributed by atoms with E-state index in [0.717, 1.165) is 12.1 Å². The molecule has 2 aromatic carbocycles. The molecule has 1 saturated heterocycles. The number of amides is 1. The van der Waals surface area contributed by atoms with Gasteiger partial charge in [-0.15, -0.1) is 0 Å². The van der Waals surface area contributed by atoms with Crippen LogP contribution in [0.1, 0.15) is 55.2 Å². The number of hydrogen-bond acceptors (Lipinski definition) is 4. The fourth-order valence-electron chi connectivity index (χ4n) is 6.61. The Morgan fingerprint density at radius 3 is 2.21 bits per heavy atom. The smallest absolute Gasteiger partial charge is 0.416 e. The molecule has 2 unspecified atom stereocenters. The second kappa shape index (κ2) is 9.55. The Balaban J connectivity index is 1.57. The second-order valence-electron chi connectivity index (χ2n) is 10.4. The quantitative estimate of drug-likeness (QED) is 0.527. The van der Waals surface area contributed by atoms with Crippen LogP contribution in [0.25, 0.3) is 0 Å². The predicted octanol–water partition coefficient (Wildman–Crippen LogP) is 5.47. The van der Waals surface area contributed by atoms with Gasteiger partial charge in [0.15, 0.2) is 9.84 Å². The first-order valence-electron chi connectivity index (χ1n) is 12.6. The van der Waals surface area contributed by atoms with Gasteiger partial charge < -0.3 is 10.0 Å². The lowest BCUT2D eigenvalue weighted by molar-refractivity contribution is -0.146. The van der Waals surface area contributed by atoms with Crippen LogP contribution in [0.5, 0.6) is 0 Å². The number of carboxylic acids is 1. The minimum absolute atomic E-state index is 0.00378. The third-order valence-electron chi connectivity index (χ3n) is 8.53. The van der Waals surface area contributed by atoms with Gasteiger partial charge in [0.1, 0.15) is 4.75 Å². The minimum Gasteiger partial charge on any atom is -0.481 e. The number of carbonyl (C=O) groups is 2. The van der Waals surface area contributed by atoms with Crippen molar-refractivity contribution in [3.63, 3.8) is 0 Å². The number of carbonyl (C=O) groups excluding carboxylic acids is 1. The van der Waals surface area contributed by atoms with Crippen LogP contribution in [0, 0.1) is 11.8 Å². The first-order valence-corrected chi connectivity index (χ1v) is 14.5. The summed E-state index contributed by atoms with van der Waals surface area (Å²) in [5.41, 5.74) is -0.207. The molecule has 2 aromatic rings. The van der Waals surface area contributed by atoms with Crippen molar-refractivity contribution in [3.05, 3.63) is 64.2 Å². The van der Waals surface area contributed by atoms with Crippen LogP contribution < -0.4 is 0 Å². The summed E-state index contributed by atoms with van der Waals surface area (Å²) in [6.45, 7) is 0.148. The van der Waals surface area contributed by atoms with Crippen LogP contribution in [0.4, 0.5) is 13.2 Å². The highest BCUT2D eigenvalue weighted by Gasteiger charge is 2.61. The first kappa shape index (κ1) is 27.0. The number of rotatable bonds is 4. The standard InChI is InChI=1S/C27H27ClF3NO5S/c28-20-7-9-21(10-8-20)38(36,37)26-13-14-32(24(33)16-1-3-17(4-2-16)25(34)35)23(26)12-5-18-15-19(27(29,30)31)6-11-22(18)26/h6-11,15-17,23H,1-5,12-14H2,(H,34,35). The van der Waals surface area contributed by atoms with Crippen LogP contribution in [-0.2, 0) is 36.8 Å². The van der Waals surface area contributed by atoms with E-state index in [1.807, 2.05) is 0 Å². The molecule has 6 nitrogen and oxygen atoms in total. The van der Waals surface area contributed by atoms with Crippen LogP contribution in [0.2, 0.25) is 5.02 Å². The summed E-state index contributed by atoms with van der Waals surface area (Å²) in [5.74, 6) is -1.99. The molecule has 3 aliphatic rings. The highest BCUT2D eigenvalue weighted by atomic mass is 35.5. The zero-order valence-electron chi connectivity index (χ0n) is 20.4. The molecule has 0 radical (unpaired) electrons. The number of benzene rings is 2. The summed E-state index contributed by atoms with van der Waals surface area (Å²) in [6.07, 6.45) is -2.54. The highest BCUT2D eigenvalue weighted by molar-refractivity contribution is 7.92. The van der Waals surface area contributed by atoms with Crippen molar-refractivity contribution in [1.82, 2.24) is 4.90 Å². The Labute approximate surface area is 223 Å². The van der Waals surface area contributed by atoms with E-state index in [4.69, 9.17) is 11.6 Å². The molecule has 0 spiro atoms. The fraction of sp³-hybridized carbons (Fsp3) is 0.481. The van der Waals surface area contributed by atoms with Gasteiger partial charge >= 0.3 is 12.1 Å². The molecule has 204 valence electrons. The van der Waals surface area contributed by atoms with Crippen molar-refractivity contribution in [1.29, 1.82) is 0 Å². The number of halogens is 4. The summed E-state index contributed by atoms with van der Waals surface area (Å²) in [6, 6.07) is 8.14. The van der Waals surface area contributed by atoms with Crippen LogP contribution in [0.15, 0.2) is 47.4 Å². The molecule has 1 amide bonds. The molecule has 0 bridgehead atoms. The Bertz CT molecular complexity index is 1370. The predicted molar refractivity (Wildman–Crippen MR) is 133 cm³/mol. The zero-order valence-corrected chi connectivity index (χ0v) is 22.0. The van der Waals surface area contributed by atoms with Crippen molar-refractivity contribution >= 4 is 33.3 Å². The normalized spacial score (nSPS) is 27.5. The molecule has 2 atom stereocenters. The number of aryl methyl sites for hydroxylation is 1. The third kappa shape index (κ3) is 4.29. The van der Waals surface area contributed by atoms with E-state index in [1.165, 1.54) is 30.3 Å². The first-order chi connectivity index (χ1) is 17.9. The van der Waals surface area contributed by atoms with Crippen molar-refractivity contribution in [2.45, 2.75) is 66.8 Å². The topological polar surface area (TPSA) is 91.8 Å². The van der Waals surface area contributed by atoms with Gasteiger partial charge in [0.2, 0.25) is 5.91 Å². The van der Waals surface area contributed by atoms with Gasteiger partial charge in [-0.1, -0.05) is 17.7 Å². The number of aliphatic carboxylic acids is 1. The average Bonchev–Trinajstić information content (AvgIpc) is 3.29. The molecule has 1 heterocycles. The third-order valence-corrected chi connectivity index (χ3v) is 11.3. The number of fused-ring (bicyclic) bond motifs is 3. The van der Waals surface area contributed by atoms with Crippen LogP contribution in [-0.4, -0.2) is 42.9 Å². The zero-order chi connectivity index (χ0) is 27.5. The summed E-state index contributed by atoms with van der Waals surface area (Å²) < 4.78 is 67.5. The van der Waals surface area contributed by atoms with E-state index < -0.39 is 50.2 Å². The van der Waals surface area contributed by atoms with Gasteiger partial charge in [0.25, 0.3) is 0 Å². The number of carboxylic acid groups (broad SMARTS) is 1. The van der Waals surface area contributed by atoms with E-state index in [0.29, 0.717) is 41.8 Å². The maximum absolute atomic E-state index is 14.3. The molecule has 1 N–H and O–H groups in total. The lowest BCUT2D eigenvalue weighted by Crippen LogP contribution is -2.53. The van der Waals surface area contributed by atoms with E-state index >= 15 is 0 Å². The lowest BCUT2D eigenvalue weighted by atomic mass is 9.77. The van der Waals surface area contributed by atoms with Crippen LogP contribution in [0.3, 0.4) is 0 Å². The molecule has 5 rings (SSSR count). The maximum Gasteiger partial charge on any atom is 0.416 e. The molecule has 2 fully saturated rings. The maximum atomic E-state index is 14.3. The van der Waals surface area contributed by atoms with E-state index in [9.17, 15) is 36.3 Å². The van der Waals surface area contributed by atoms with Crippen molar-refractivity contribution in [2.75, 3.05) is 6.54 Å². The molecule has 0 aromatic heterocycles. The van der Waals surface area contributed by atoms with E-state index in [-0.39, 0.29) is 36.6 Å². The summed E-state index contributed by atoms with van der Waals surface area (Å²) in [7, 11) is -4.17. The Kier molecular flexibility index (Phi) is 6.79. The molecular formula is C27H27ClF3NO5S. The van der Waals surface area contributed by atoms with Crippen molar-refractivity contribution in [3.8, 4) is 0 Å². The van der Waals surface area contributed by atoms with Gasteiger partial charge in [0, 0.05) is 17.5 Å². The molecule has 2 aliphatic carbocycles. The summed E-state index contributed by atoms with van der Waals surface area (Å²) in [5, 5.41) is 9.64. The summed E-state index contributed by atoms with van der Waals surface area (Å²) in [4.78, 5) is 26.6. The van der Waals surface area contributed by atoms with Gasteiger partial charge in [-0.2, -0.15) is 13.2 Å². The Morgan fingerprint density at radius 1 is 0.974 bits per heavy atom. The lowest BCUT2D eigenvalue weighted by Gasteiger charge is -2.43. The fourth-order valence-corrected chi connectivity index (χ4v) is 9.11. The number of alkyl halides is 3. The number of hydrogen-bond donors (Lipinski definition) is 1. The molecule has 38 heavy (non-hydrogen) atoms. The number of sulfone groups is 1. The molecule has 11 heteroatoms. The second-order valence-corrected chi connectivity index (χ2v) is 13.1. The Morgan fingerprint density at radius 2 is 1.61 bits per heavy atom. The highest BCUT2D eigenvalue weighted by Crippen LogP contribution is 2.54. The van der Waals surface area contributed by atoms with Gasteiger partial charge in [-0.25, -0.2) is 8.42 Å². The molecular weight excluding hydrogens is 543 g/mol.